The number of H-pyrrole nitrogens is 1. The number of aliphatic hydroxyl groups is 1. The number of amides is 2. The molecule has 1 aromatic heterocycles. The molecule has 1 saturated heterocycles. The number of hydrogen-bond donors (Lipinski definition) is 3. The van der Waals surface area contributed by atoms with Gasteiger partial charge in [0, 0.05) is 24.6 Å². The van der Waals surface area contributed by atoms with E-state index in [1.165, 1.54) is 11.8 Å². The Kier molecular flexibility index (Phi) is 5.29. The zero-order valence-corrected chi connectivity index (χ0v) is 14.7. The van der Waals surface area contributed by atoms with Gasteiger partial charge < -0.3 is 20.1 Å². The number of aromatic amines is 1. The van der Waals surface area contributed by atoms with E-state index >= 15 is 0 Å². The largest absolute Gasteiger partial charge is 0.384 e. The standard InChI is InChI=1S/C16H26N4O4/c1-11(21)17-8-16(23)9-20(5-6-24-10-16)14(22)12-7-13(19-18-12)15(2,3)4/h7,23H,5-6,8-10H2,1-4H3,(H,17,21)(H,18,19). The summed E-state index contributed by atoms with van der Waals surface area (Å²) >= 11 is 0. The predicted molar refractivity (Wildman–Crippen MR) is 87.6 cm³/mol. The summed E-state index contributed by atoms with van der Waals surface area (Å²) in [5, 5.41) is 20.2. The molecule has 3 N–H and O–H groups in total. The van der Waals surface area contributed by atoms with Gasteiger partial charge in [-0.15, -0.1) is 0 Å². The summed E-state index contributed by atoms with van der Waals surface area (Å²) in [5.41, 5.74) is -0.283. The van der Waals surface area contributed by atoms with Crippen molar-refractivity contribution in [2.75, 3.05) is 32.8 Å². The van der Waals surface area contributed by atoms with Crippen LogP contribution in [0.4, 0.5) is 0 Å². The highest BCUT2D eigenvalue weighted by Crippen LogP contribution is 2.21. The van der Waals surface area contributed by atoms with Crippen LogP contribution in [0.25, 0.3) is 0 Å². The van der Waals surface area contributed by atoms with Crippen molar-refractivity contribution in [3.05, 3.63) is 17.5 Å². The fraction of sp³-hybridized carbons (Fsp3) is 0.688. The van der Waals surface area contributed by atoms with Gasteiger partial charge >= 0.3 is 0 Å². The Bertz CT molecular complexity index is 607. The van der Waals surface area contributed by atoms with Gasteiger partial charge in [-0.05, 0) is 6.07 Å². The molecule has 1 atom stereocenters. The molecule has 0 bridgehead atoms. The highest BCUT2D eigenvalue weighted by atomic mass is 16.5. The van der Waals surface area contributed by atoms with Crippen molar-refractivity contribution < 1.29 is 19.4 Å². The van der Waals surface area contributed by atoms with E-state index in [0.717, 1.165) is 5.69 Å². The van der Waals surface area contributed by atoms with Gasteiger partial charge in [-0.25, -0.2) is 0 Å². The fourth-order valence-electron chi connectivity index (χ4n) is 2.46. The second-order valence-electron chi connectivity index (χ2n) is 7.33. The first-order valence-corrected chi connectivity index (χ1v) is 8.00. The Morgan fingerprint density at radius 3 is 2.79 bits per heavy atom. The number of aromatic nitrogens is 2. The van der Waals surface area contributed by atoms with Gasteiger partial charge in [-0.1, -0.05) is 20.8 Å². The number of carbonyl (C=O) groups excluding carboxylic acids is 2. The lowest BCUT2D eigenvalue weighted by atomic mass is 9.92. The molecule has 1 aliphatic rings. The van der Waals surface area contributed by atoms with Crippen LogP contribution in [0, 0.1) is 0 Å². The number of nitrogens with one attached hydrogen (secondary N) is 2. The maximum Gasteiger partial charge on any atom is 0.274 e. The van der Waals surface area contributed by atoms with Crippen LogP contribution in [-0.2, 0) is 14.9 Å². The van der Waals surface area contributed by atoms with Crippen molar-refractivity contribution in [1.29, 1.82) is 0 Å². The van der Waals surface area contributed by atoms with Crippen molar-refractivity contribution in [2.45, 2.75) is 38.7 Å². The van der Waals surface area contributed by atoms with Gasteiger partial charge in [0.05, 0.1) is 26.3 Å². The number of β-amino-alcohol motifs (C(OH)–C–C–N with tert-alkyl or cyclic N) is 1. The summed E-state index contributed by atoms with van der Waals surface area (Å²) in [4.78, 5) is 25.3. The molecular weight excluding hydrogens is 312 g/mol. The predicted octanol–water partition coefficient (Wildman–Crippen LogP) is 0.0468. The van der Waals surface area contributed by atoms with Gasteiger partial charge in [-0.2, -0.15) is 5.10 Å². The van der Waals surface area contributed by atoms with Gasteiger partial charge in [0.1, 0.15) is 11.3 Å². The van der Waals surface area contributed by atoms with E-state index in [4.69, 9.17) is 4.74 Å². The van der Waals surface area contributed by atoms with Crippen LogP contribution in [0.3, 0.4) is 0 Å². The molecule has 8 heteroatoms. The third-order valence-electron chi connectivity index (χ3n) is 3.92. The molecule has 1 aliphatic heterocycles. The number of rotatable bonds is 3. The summed E-state index contributed by atoms with van der Waals surface area (Å²) < 4.78 is 5.39. The average Bonchev–Trinajstić information content (AvgIpc) is 2.90. The lowest BCUT2D eigenvalue weighted by Crippen LogP contribution is -2.53. The smallest absolute Gasteiger partial charge is 0.274 e. The van der Waals surface area contributed by atoms with Gasteiger partial charge in [0.2, 0.25) is 5.91 Å². The molecule has 2 heterocycles. The Morgan fingerprint density at radius 1 is 1.50 bits per heavy atom. The highest BCUT2D eigenvalue weighted by molar-refractivity contribution is 5.92. The van der Waals surface area contributed by atoms with E-state index in [-0.39, 0.29) is 36.9 Å². The molecule has 0 spiro atoms. The van der Waals surface area contributed by atoms with Gasteiger partial charge in [0.25, 0.3) is 5.91 Å². The number of carbonyl (C=O) groups is 2. The van der Waals surface area contributed by atoms with Crippen molar-refractivity contribution in [3.63, 3.8) is 0 Å². The molecule has 0 radical (unpaired) electrons. The molecular formula is C16H26N4O4. The Labute approximate surface area is 141 Å². The first-order chi connectivity index (χ1) is 11.1. The summed E-state index contributed by atoms with van der Waals surface area (Å²) in [6.07, 6.45) is 0. The molecule has 0 aromatic carbocycles. The third-order valence-corrected chi connectivity index (χ3v) is 3.92. The normalized spacial score (nSPS) is 22.1. The number of ether oxygens (including phenoxy) is 1. The van der Waals surface area contributed by atoms with E-state index < -0.39 is 5.60 Å². The van der Waals surface area contributed by atoms with Crippen LogP contribution in [0.15, 0.2) is 6.07 Å². The van der Waals surface area contributed by atoms with Crippen LogP contribution < -0.4 is 5.32 Å². The molecule has 0 aliphatic carbocycles. The summed E-state index contributed by atoms with van der Waals surface area (Å²) in [6.45, 7) is 8.31. The Morgan fingerprint density at radius 2 is 2.21 bits per heavy atom. The number of nitrogens with zero attached hydrogens (tertiary/aromatic N) is 2. The molecule has 1 unspecified atom stereocenters. The van der Waals surface area contributed by atoms with Crippen molar-refractivity contribution in [3.8, 4) is 0 Å². The summed E-state index contributed by atoms with van der Waals surface area (Å²) in [7, 11) is 0. The molecule has 134 valence electrons. The van der Waals surface area contributed by atoms with Crippen molar-refractivity contribution in [1.82, 2.24) is 20.4 Å². The zero-order valence-electron chi connectivity index (χ0n) is 14.7. The fourth-order valence-corrected chi connectivity index (χ4v) is 2.46. The van der Waals surface area contributed by atoms with Crippen molar-refractivity contribution >= 4 is 11.8 Å². The first kappa shape index (κ1) is 18.4. The molecule has 1 aromatic rings. The average molecular weight is 338 g/mol. The Hall–Kier alpha value is -1.93. The number of hydrogen-bond acceptors (Lipinski definition) is 5. The van der Waals surface area contributed by atoms with Crippen LogP contribution in [0.5, 0.6) is 0 Å². The van der Waals surface area contributed by atoms with E-state index in [2.05, 4.69) is 15.5 Å². The summed E-state index contributed by atoms with van der Waals surface area (Å²) in [6, 6.07) is 1.74. The maximum atomic E-state index is 12.7. The second-order valence-corrected chi connectivity index (χ2v) is 7.33. The monoisotopic (exact) mass is 338 g/mol. The molecule has 2 amide bonds. The lowest BCUT2D eigenvalue weighted by molar-refractivity contribution is -0.120. The molecule has 24 heavy (non-hydrogen) atoms. The minimum atomic E-state index is -1.32. The third kappa shape index (κ3) is 4.55. The van der Waals surface area contributed by atoms with Crippen LogP contribution >= 0.6 is 0 Å². The van der Waals surface area contributed by atoms with E-state index in [1.54, 1.807) is 6.07 Å². The summed E-state index contributed by atoms with van der Waals surface area (Å²) in [5.74, 6) is -0.513. The van der Waals surface area contributed by atoms with Crippen molar-refractivity contribution in [2.24, 2.45) is 0 Å². The zero-order chi connectivity index (χ0) is 18.0. The maximum absolute atomic E-state index is 12.7. The van der Waals surface area contributed by atoms with E-state index in [0.29, 0.717) is 18.8 Å². The van der Waals surface area contributed by atoms with Crippen LogP contribution in [-0.4, -0.2) is 70.5 Å². The quantitative estimate of drug-likeness (QED) is 0.722. The first-order valence-electron chi connectivity index (χ1n) is 8.00. The van der Waals surface area contributed by atoms with Gasteiger partial charge in [-0.3, -0.25) is 14.7 Å². The van der Waals surface area contributed by atoms with E-state index in [1.807, 2.05) is 20.8 Å². The Balaban J connectivity index is 2.12. The van der Waals surface area contributed by atoms with E-state index in [9.17, 15) is 14.7 Å². The topological polar surface area (TPSA) is 108 Å². The molecule has 8 nitrogen and oxygen atoms in total. The molecule has 2 rings (SSSR count). The minimum absolute atomic E-state index is 0.0277. The SMILES string of the molecule is CC(=O)NCC1(O)COCCN(C(=O)c2cc(C(C)(C)C)[nH]n2)C1. The highest BCUT2D eigenvalue weighted by Gasteiger charge is 2.35. The van der Waals surface area contributed by atoms with Crippen LogP contribution in [0.2, 0.25) is 0 Å². The minimum Gasteiger partial charge on any atom is -0.384 e. The van der Waals surface area contributed by atoms with Crippen LogP contribution in [0.1, 0.15) is 43.9 Å². The molecule has 1 fully saturated rings. The lowest BCUT2D eigenvalue weighted by Gasteiger charge is -2.30. The molecule has 0 saturated carbocycles. The van der Waals surface area contributed by atoms with Gasteiger partial charge in [0.15, 0.2) is 0 Å². The second kappa shape index (κ2) is 6.90.